The molecule has 8 heteroatoms. The summed E-state index contributed by atoms with van der Waals surface area (Å²) in [5.41, 5.74) is 3.60. The number of anilines is 1. The molecule has 1 aromatic heterocycles. The molecule has 2 heterocycles. The molecule has 1 amide bonds. The molecule has 0 radical (unpaired) electrons. The number of fused-ring (bicyclic) bond motifs is 2. The number of hydrogen-bond donors (Lipinski definition) is 1. The SMILES string of the molecule is O=C(Cn1cnc2cccc([N+](=O)[O-])c21)Nc1ccc2c(c1)COC2. The maximum Gasteiger partial charge on any atom is 0.295 e. The predicted molar refractivity (Wildman–Crippen MR) is 90.0 cm³/mol. The number of carbonyl (C=O) groups is 1. The van der Waals surface area contributed by atoms with Crippen LogP contribution in [0.2, 0.25) is 0 Å². The maximum absolute atomic E-state index is 12.3. The standard InChI is InChI=1S/C17H14N4O4/c22-16(19-13-5-4-11-8-25-9-12(11)6-13)7-20-10-18-14-2-1-3-15(17(14)20)21(23)24/h1-6,10H,7-9H2,(H,19,22). The minimum atomic E-state index is -0.473. The summed E-state index contributed by atoms with van der Waals surface area (Å²) in [6, 6.07) is 10.3. The Bertz CT molecular complexity index is 995. The molecule has 1 aliphatic rings. The van der Waals surface area contributed by atoms with E-state index in [1.807, 2.05) is 18.2 Å². The monoisotopic (exact) mass is 338 g/mol. The molecule has 3 aromatic rings. The van der Waals surface area contributed by atoms with E-state index in [0.29, 0.717) is 29.9 Å². The van der Waals surface area contributed by atoms with Gasteiger partial charge < -0.3 is 14.6 Å². The Labute approximate surface area is 142 Å². The third-order valence-electron chi connectivity index (χ3n) is 4.13. The normalized spacial score (nSPS) is 13.0. The largest absolute Gasteiger partial charge is 0.372 e. The number of nitro groups is 1. The second kappa shape index (κ2) is 5.99. The summed E-state index contributed by atoms with van der Waals surface area (Å²) in [5.74, 6) is -0.281. The first kappa shape index (κ1) is 15.3. The average molecular weight is 338 g/mol. The van der Waals surface area contributed by atoms with Crippen molar-refractivity contribution in [1.82, 2.24) is 9.55 Å². The van der Waals surface area contributed by atoms with Crippen molar-refractivity contribution in [3.05, 3.63) is 64.0 Å². The van der Waals surface area contributed by atoms with E-state index in [1.165, 1.54) is 17.0 Å². The number of hydrogen-bond acceptors (Lipinski definition) is 5. The number of nitrogens with zero attached hydrogens (tertiary/aromatic N) is 3. The van der Waals surface area contributed by atoms with Crippen LogP contribution in [0.1, 0.15) is 11.1 Å². The molecular weight excluding hydrogens is 324 g/mol. The topological polar surface area (TPSA) is 99.3 Å². The van der Waals surface area contributed by atoms with E-state index in [4.69, 9.17) is 4.74 Å². The molecule has 0 fully saturated rings. The first-order valence-corrected chi connectivity index (χ1v) is 7.69. The van der Waals surface area contributed by atoms with Crippen LogP contribution in [0.15, 0.2) is 42.7 Å². The van der Waals surface area contributed by atoms with Crippen molar-refractivity contribution in [1.29, 1.82) is 0 Å². The zero-order chi connectivity index (χ0) is 17.4. The van der Waals surface area contributed by atoms with Gasteiger partial charge in [0, 0.05) is 11.8 Å². The molecule has 0 unspecified atom stereocenters. The summed E-state index contributed by atoms with van der Waals surface area (Å²) in [5, 5.41) is 14.0. The fourth-order valence-corrected chi connectivity index (χ4v) is 2.98. The van der Waals surface area contributed by atoms with Crippen LogP contribution < -0.4 is 5.32 Å². The van der Waals surface area contributed by atoms with Crippen LogP contribution in [0.5, 0.6) is 0 Å². The van der Waals surface area contributed by atoms with Gasteiger partial charge in [0.2, 0.25) is 5.91 Å². The molecule has 2 aromatic carbocycles. The van der Waals surface area contributed by atoms with Crippen LogP contribution in [0, 0.1) is 10.1 Å². The highest BCUT2D eigenvalue weighted by molar-refractivity contribution is 5.93. The van der Waals surface area contributed by atoms with Crippen molar-refractivity contribution in [3.63, 3.8) is 0 Å². The number of benzene rings is 2. The highest BCUT2D eigenvalue weighted by Crippen LogP contribution is 2.25. The zero-order valence-electron chi connectivity index (χ0n) is 13.1. The Morgan fingerprint density at radius 1 is 1.28 bits per heavy atom. The molecule has 0 atom stereocenters. The Hall–Kier alpha value is -3.26. The molecule has 0 bridgehead atoms. The summed E-state index contributed by atoms with van der Waals surface area (Å²) in [6.07, 6.45) is 1.44. The van der Waals surface area contributed by atoms with E-state index >= 15 is 0 Å². The smallest absolute Gasteiger partial charge is 0.295 e. The second-order valence-corrected chi connectivity index (χ2v) is 5.80. The Kier molecular flexibility index (Phi) is 3.66. The number of ether oxygens (including phenoxy) is 1. The lowest BCUT2D eigenvalue weighted by Gasteiger charge is -2.08. The summed E-state index contributed by atoms with van der Waals surface area (Å²) in [6.45, 7) is 1.07. The van der Waals surface area contributed by atoms with Gasteiger partial charge in [0.25, 0.3) is 5.69 Å². The van der Waals surface area contributed by atoms with E-state index in [2.05, 4.69) is 10.3 Å². The summed E-state index contributed by atoms with van der Waals surface area (Å²) in [7, 11) is 0. The maximum atomic E-state index is 12.3. The van der Waals surface area contributed by atoms with Gasteiger partial charge in [0.05, 0.1) is 30.0 Å². The molecule has 4 rings (SSSR count). The van der Waals surface area contributed by atoms with Gasteiger partial charge in [-0.3, -0.25) is 14.9 Å². The minimum Gasteiger partial charge on any atom is -0.372 e. The number of imidazole rings is 1. The van der Waals surface area contributed by atoms with Crippen LogP contribution in [0.3, 0.4) is 0 Å². The van der Waals surface area contributed by atoms with Crippen LogP contribution in [0.25, 0.3) is 11.0 Å². The van der Waals surface area contributed by atoms with E-state index in [-0.39, 0.29) is 18.1 Å². The summed E-state index contributed by atoms with van der Waals surface area (Å²) < 4.78 is 6.84. The van der Waals surface area contributed by atoms with Gasteiger partial charge >= 0.3 is 0 Å². The molecular formula is C17H14N4O4. The van der Waals surface area contributed by atoms with Crippen LogP contribution in [0.4, 0.5) is 11.4 Å². The fraction of sp³-hybridized carbons (Fsp3) is 0.176. The van der Waals surface area contributed by atoms with Gasteiger partial charge in [-0.25, -0.2) is 4.98 Å². The minimum absolute atomic E-state index is 0.0606. The first-order valence-electron chi connectivity index (χ1n) is 7.69. The Balaban J connectivity index is 1.57. The quantitative estimate of drug-likeness (QED) is 0.582. The number of amides is 1. The Morgan fingerprint density at radius 3 is 2.96 bits per heavy atom. The van der Waals surface area contributed by atoms with E-state index in [1.54, 1.807) is 12.1 Å². The van der Waals surface area contributed by atoms with E-state index in [9.17, 15) is 14.9 Å². The zero-order valence-corrected chi connectivity index (χ0v) is 13.1. The number of carbonyl (C=O) groups excluding carboxylic acids is 1. The molecule has 0 saturated heterocycles. The van der Waals surface area contributed by atoms with E-state index < -0.39 is 4.92 Å². The third kappa shape index (κ3) is 2.83. The number of nitrogens with one attached hydrogen (secondary N) is 1. The first-order chi connectivity index (χ1) is 12.1. The molecule has 8 nitrogen and oxygen atoms in total. The van der Waals surface area contributed by atoms with Gasteiger partial charge in [0.15, 0.2) is 0 Å². The lowest BCUT2D eigenvalue weighted by atomic mass is 10.1. The fourth-order valence-electron chi connectivity index (χ4n) is 2.98. The Morgan fingerprint density at radius 2 is 2.12 bits per heavy atom. The number of non-ortho nitro benzene ring substituents is 1. The van der Waals surface area contributed by atoms with Crippen molar-refractivity contribution in [2.24, 2.45) is 0 Å². The van der Waals surface area contributed by atoms with Crippen LogP contribution >= 0.6 is 0 Å². The lowest BCUT2D eigenvalue weighted by Crippen LogP contribution is -2.18. The van der Waals surface area contributed by atoms with Crippen molar-refractivity contribution >= 4 is 28.3 Å². The predicted octanol–water partition coefficient (Wildman–Crippen LogP) is 2.61. The van der Waals surface area contributed by atoms with Crippen LogP contribution in [-0.2, 0) is 29.3 Å². The second-order valence-electron chi connectivity index (χ2n) is 5.80. The van der Waals surface area contributed by atoms with Crippen molar-refractivity contribution < 1.29 is 14.5 Å². The molecule has 1 N–H and O–H groups in total. The van der Waals surface area contributed by atoms with Gasteiger partial charge in [-0.1, -0.05) is 12.1 Å². The van der Waals surface area contributed by atoms with E-state index in [0.717, 1.165) is 11.1 Å². The molecule has 0 saturated carbocycles. The van der Waals surface area contributed by atoms with Gasteiger partial charge in [-0.05, 0) is 29.3 Å². The number of nitro benzene ring substituents is 1. The van der Waals surface area contributed by atoms with Crippen molar-refractivity contribution in [2.45, 2.75) is 19.8 Å². The summed E-state index contributed by atoms with van der Waals surface area (Å²) in [4.78, 5) is 27.2. The third-order valence-corrected chi connectivity index (χ3v) is 4.13. The molecule has 1 aliphatic heterocycles. The molecule has 0 aliphatic carbocycles. The number of aromatic nitrogens is 2. The number of para-hydroxylation sites is 1. The average Bonchev–Trinajstić information content (AvgIpc) is 3.21. The molecule has 0 spiro atoms. The van der Waals surface area contributed by atoms with Crippen molar-refractivity contribution in [2.75, 3.05) is 5.32 Å². The van der Waals surface area contributed by atoms with Crippen LogP contribution in [-0.4, -0.2) is 20.4 Å². The van der Waals surface area contributed by atoms with Gasteiger partial charge in [0.1, 0.15) is 12.1 Å². The lowest BCUT2D eigenvalue weighted by molar-refractivity contribution is -0.383. The summed E-state index contributed by atoms with van der Waals surface area (Å²) >= 11 is 0. The highest BCUT2D eigenvalue weighted by atomic mass is 16.6. The molecule has 126 valence electrons. The number of rotatable bonds is 4. The van der Waals surface area contributed by atoms with Crippen molar-refractivity contribution in [3.8, 4) is 0 Å². The molecule has 25 heavy (non-hydrogen) atoms. The van der Waals surface area contributed by atoms with Gasteiger partial charge in [-0.15, -0.1) is 0 Å². The highest BCUT2D eigenvalue weighted by Gasteiger charge is 2.18. The van der Waals surface area contributed by atoms with Gasteiger partial charge in [-0.2, -0.15) is 0 Å².